The van der Waals surface area contributed by atoms with Crippen molar-refractivity contribution in [1.82, 2.24) is 0 Å². The lowest BCUT2D eigenvalue weighted by molar-refractivity contribution is 0.101. The molecule has 4 heteroatoms. The molecule has 0 saturated heterocycles. The van der Waals surface area contributed by atoms with Crippen LogP contribution in [0.2, 0.25) is 0 Å². The van der Waals surface area contributed by atoms with E-state index in [-0.39, 0.29) is 11.5 Å². The number of furan rings is 1. The molecule has 0 radical (unpaired) electrons. The molecule has 0 atom stereocenters. The largest absolute Gasteiger partial charge is 0.455 e. The zero-order chi connectivity index (χ0) is 11.5. The molecule has 0 aliphatic carbocycles. The van der Waals surface area contributed by atoms with Gasteiger partial charge in [0.25, 0.3) is 0 Å². The maximum Gasteiger partial charge on any atom is 0.228 e. The van der Waals surface area contributed by atoms with Gasteiger partial charge in [0.1, 0.15) is 5.76 Å². The molecule has 2 rings (SSSR count). The highest BCUT2D eigenvalue weighted by atomic mass is 35.5. The molecule has 2 nitrogen and oxygen atoms in total. The lowest BCUT2D eigenvalue weighted by atomic mass is 10.1. The first-order valence-corrected chi connectivity index (χ1v) is 5.53. The van der Waals surface area contributed by atoms with Crippen LogP contribution in [0.15, 0.2) is 46.9 Å². The van der Waals surface area contributed by atoms with Crippen LogP contribution >= 0.6 is 23.2 Å². The molecule has 0 saturated carbocycles. The van der Waals surface area contributed by atoms with Crippen LogP contribution in [0.25, 0.3) is 0 Å². The summed E-state index contributed by atoms with van der Waals surface area (Å²) in [6, 6.07) is 12.1. The van der Waals surface area contributed by atoms with Gasteiger partial charge in [0.2, 0.25) is 5.78 Å². The van der Waals surface area contributed by atoms with Crippen molar-refractivity contribution < 1.29 is 9.21 Å². The predicted molar refractivity (Wildman–Crippen MR) is 63.0 cm³/mol. The lowest BCUT2D eigenvalue weighted by Gasteiger charge is -1.97. The van der Waals surface area contributed by atoms with Crippen molar-refractivity contribution in [2.45, 2.75) is 4.84 Å². The molecular formula is C12H8Cl2O2. The van der Waals surface area contributed by atoms with Gasteiger partial charge in [0, 0.05) is 5.56 Å². The second-order valence-corrected chi connectivity index (χ2v) is 4.29. The van der Waals surface area contributed by atoms with Gasteiger partial charge >= 0.3 is 0 Å². The summed E-state index contributed by atoms with van der Waals surface area (Å²) in [6.45, 7) is 0. The zero-order valence-electron chi connectivity index (χ0n) is 8.19. The number of hydrogen-bond acceptors (Lipinski definition) is 2. The smallest absolute Gasteiger partial charge is 0.228 e. The molecule has 82 valence electrons. The van der Waals surface area contributed by atoms with Gasteiger partial charge in [-0.15, -0.1) is 0 Å². The number of hydrogen-bond donors (Lipinski definition) is 0. The Hall–Kier alpha value is -1.25. The molecule has 0 fully saturated rings. The van der Waals surface area contributed by atoms with E-state index in [2.05, 4.69) is 0 Å². The van der Waals surface area contributed by atoms with Crippen molar-refractivity contribution in [3.63, 3.8) is 0 Å². The van der Waals surface area contributed by atoms with Crippen molar-refractivity contribution in [3.8, 4) is 0 Å². The molecule has 0 amide bonds. The summed E-state index contributed by atoms with van der Waals surface area (Å²) < 4.78 is 5.25. The maximum atomic E-state index is 11.9. The summed E-state index contributed by atoms with van der Waals surface area (Å²) >= 11 is 11.3. The molecule has 0 spiro atoms. The topological polar surface area (TPSA) is 30.2 Å². The quantitative estimate of drug-likeness (QED) is 0.613. The van der Waals surface area contributed by atoms with Gasteiger partial charge in [-0.25, -0.2) is 0 Å². The number of halogens is 2. The molecular weight excluding hydrogens is 247 g/mol. The fraction of sp³-hybridized carbons (Fsp3) is 0.0833. The highest BCUT2D eigenvalue weighted by Gasteiger charge is 2.15. The van der Waals surface area contributed by atoms with Crippen LogP contribution in [-0.2, 0) is 0 Å². The average molecular weight is 255 g/mol. The Balaban J connectivity index is 2.28. The molecule has 0 aliphatic rings. The van der Waals surface area contributed by atoms with E-state index in [4.69, 9.17) is 27.6 Å². The lowest BCUT2D eigenvalue weighted by Crippen LogP contribution is -1.98. The number of carbonyl (C=O) groups is 1. The molecule has 0 N–H and O–H groups in total. The van der Waals surface area contributed by atoms with Crippen LogP contribution < -0.4 is 0 Å². The van der Waals surface area contributed by atoms with Crippen molar-refractivity contribution in [2.75, 3.05) is 0 Å². The molecule has 0 aliphatic heterocycles. The van der Waals surface area contributed by atoms with Crippen LogP contribution in [0, 0.1) is 0 Å². The Morgan fingerprint density at radius 1 is 1.06 bits per heavy atom. The minimum absolute atomic E-state index is 0.180. The van der Waals surface area contributed by atoms with E-state index in [1.165, 1.54) is 0 Å². The first-order chi connectivity index (χ1) is 7.68. The predicted octanol–water partition coefficient (Wildman–Crippen LogP) is 3.99. The van der Waals surface area contributed by atoms with Crippen molar-refractivity contribution in [2.24, 2.45) is 0 Å². The first-order valence-electron chi connectivity index (χ1n) is 4.66. The molecule has 16 heavy (non-hydrogen) atoms. The molecule has 1 aromatic carbocycles. The van der Waals surface area contributed by atoms with Crippen molar-refractivity contribution in [1.29, 1.82) is 0 Å². The number of benzene rings is 1. The minimum atomic E-state index is -0.752. The van der Waals surface area contributed by atoms with Crippen LogP contribution in [0.1, 0.15) is 26.7 Å². The summed E-state index contributed by atoms with van der Waals surface area (Å²) in [6.07, 6.45) is 0. The summed E-state index contributed by atoms with van der Waals surface area (Å²) in [4.78, 5) is 11.1. The third-order valence-electron chi connectivity index (χ3n) is 2.10. The standard InChI is InChI=1S/C12H8Cl2O2/c13-12(14)10-7-6-9(16-10)11(15)8-4-2-1-3-5-8/h1-7,12H. The van der Waals surface area contributed by atoms with E-state index in [9.17, 15) is 4.79 Å². The Kier molecular flexibility index (Phi) is 3.32. The van der Waals surface area contributed by atoms with Gasteiger partial charge in [-0.1, -0.05) is 53.5 Å². The number of rotatable bonds is 3. The Bertz CT molecular complexity index is 489. The second-order valence-electron chi connectivity index (χ2n) is 3.20. The zero-order valence-corrected chi connectivity index (χ0v) is 9.70. The van der Waals surface area contributed by atoms with E-state index in [0.29, 0.717) is 11.3 Å². The molecule has 1 heterocycles. The Morgan fingerprint density at radius 2 is 1.75 bits per heavy atom. The monoisotopic (exact) mass is 254 g/mol. The van der Waals surface area contributed by atoms with E-state index in [1.54, 1.807) is 36.4 Å². The van der Waals surface area contributed by atoms with Gasteiger partial charge in [0.05, 0.1) is 0 Å². The van der Waals surface area contributed by atoms with E-state index >= 15 is 0 Å². The van der Waals surface area contributed by atoms with Gasteiger partial charge in [-0.2, -0.15) is 0 Å². The summed E-state index contributed by atoms with van der Waals surface area (Å²) in [5.41, 5.74) is 0.573. The normalized spacial score (nSPS) is 10.7. The van der Waals surface area contributed by atoms with Gasteiger partial charge < -0.3 is 4.42 Å². The summed E-state index contributed by atoms with van der Waals surface area (Å²) in [5.74, 6) is 0.441. The third-order valence-corrected chi connectivity index (χ3v) is 2.53. The maximum absolute atomic E-state index is 11.9. The van der Waals surface area contributed by atoms with Crippen LogP contribution in [-0.4, -0.2) is 5.78 Å². The van der Waals surface area contributed by atoms with Crippen LogP contribution in [0.3, 0.4) is 0 Å². The van der Waals surface area contributed by atoms with Gasteiger partial charge in [-0.3, -0.25) is 4.79 Å². The first kappa shape index (κ1) is 11.2. The molecule has 1 aromatic heterocycles. The molecule has 0 unspecified atom stereocenters. The van der Waals surface area contributed by atoms with Crippen LogP contribution in [0.5, 0.6) is 0 Å². The Labute approximate surface area is 103 Å². The highest BCUT2D eigenvalue weighted by molar-refractivity contribution is 6.43. The molecule has 2 aromatic rings. The number of alkyl halides is 2. The van der Waals surface area contributed by atoms with E-state index in [1.807, 2.05) is 6.07 Å². The summed E-state index contributed by atoms with van der Waals surface area (Å²) in [5, 5.41) is 0. The minimum Gasteiger partial charge on any atom is -0.455 e. The van der Waals surface area contributed by atoms with Crippen molar-refractivity contribution in [3.05, 3.63) is 59.5 Å². The fourth-order valence-corrected chi connectivity index (χ4v) is 1.56. The van der Waals surface area contributed by atoms with Crippen LogP contribution in [0.4, 0.5) is 0 Å². The van der Waals surface area contributed by atoms with Gasteiger partial charge in [0.15, 0.2) is 10.6 Å². The van der Waals surface area contributed by atoms with E-state index < -0.39 is 4.84 Å². The third kappa shape index (κ3) is 2.29. The summed E-state index contributed by atoms with van der Waals surface area (Å²) in [7, 11) is 0. The Morgan fingerprint density at radius 3 is 2.31 bits per heavy atom. The van der Waals surface area contributed by atoms with Crippen molar-refractivity contribution >= 4 is 29.0 Å². The van der Waals surface area contributed by atoms with E-state index in [0.717, 1.165) is 0 Å². The molecule has 0 bridgehead atoms. The fourth-order valence-electron chi connectivity index (χ4n) is 1.32. The second kappa shape index (κ2) is 4.73. The van der Waals surface area contributed by atoms with Gasteiger partial charge in [-0.05, 0) is 12.1 Å². The average Bonchev–Trinajstić information content (AvgIpc) is 2.78. The number of ketones is 1. The highest BCUT2D eigenvalue weighted by Crippen LogP contribution is 2.27. The number of carbonyl (C=O) groups excluding carboxylic acids is 1. The SMILES string of the molecule is O=C(c1ccccc1)c1ccc(C(Cl)Cl)o1.